The van der Waals surface area contributed by atoms with E-state index in [1.165, 1.54) is 22.0 Å². The third-order valence-electron chi connectivity index (χ3n) is 3.83. The molecule has 3 rings (SSSR count). The summed E-state index contributed by atoms with van der Waals surface area (Å²) in [7, 11) is 0. The normalized spacial score (nSPS) is 11.1. The summed E-state index contributed by atoms with van der Waals surface area (Å²) in [5.41, 5.74) is 5.37. The van der Waals surface area contributed by atoms with Crippen LogP contribution in [0.25, 0.3) is 15.9 Å². The molecular formula is C16H14ClN3O3S. The summed E-state index contributed by atoms with van der Waals surface area (Å²) in [6.45, 7) is 3.38. The van der Waals surface area contributed by atoms with Gasteiger partial charge in [-0.1, -0.05) is 17.7 Å². The maximum atomic E-state index is 12.9. The van der Waals surface area contributed by atoms with Gasteiger partial charge in [-0.2, -0.15) is 0 Å². The zero-order valence-electron chi connectivity index (χ0n) is 13.0. The fourth-order valence-corrected chi connectivity index (χ4v) is 3.92. The summed E-state index contributed by atoms with van der Waals surface area (Å²) in [5, 5.41) is 0.817. The van der Waals surface area contributed by atoms with Crippen LogP contribution in [0.5, 0.6) is 0 Å². The van der Waals surface area contributed by atoms with Gasteiger partial charge < -0.3 is 5.73 Å². The molecule has 0 atom stereocenters. The van der Waals surface area contributed by atoms with Gasteiger partial charge in [-0.05, 0) is 37.6 Å². The predicted octanol–water partition coefficient (Wildman–Crippen LogP) is 1.97. The van der Waals surface area contributed by atoms with Gasteiger partial charge in [0.05, 0.1) is 11.1 Å². The van der Waals surface area contributed by atoms with Gasteiger partial charge in [0.25, 0.3) is 5.56 Å². The Labute approximate surface area is 145 Å². The Hall–Kier alpha value is -2.38. The Morgan fingerprint density at radius 3 is 2.62 bits per heavy atom. The van der Waals surface area contributed by atoms with Gasteiger partial charge in [0.2, 0.25) is 5.91 Å². The minimum atomic E-state index is -0.654. The molecule has 2 N–H and O–H groups in total. The quantitative estimate of drug-likeness (QED) is 0.771. The number of halogens is 1. The molecule has 0 aliphatic rings. The topological polar surface area (TPSA) is 87.1 Å². The first-order valence-electron chi connectivity index (χ1n) is 7.11. The lowest BCUT2D eigenvalue weighted by molar-refractivity contribution is -0.118. The van der Waals surface area contributed by atoms with Gasteiger partial charge in [-0.3, -0.25) is 14.2 Å². The van der Waals surface area contributed by atoms with Crippen LogP contribution in [0.1, 0.15) is 10.4 Å². The van der Waals surface area contributed by atoms with Crippen molar-refractivity contribution in [3.05, 3.63) is 60.6 Å². The molecule has 0 spiro atoms. The number of hydrogen-bond donors (Lipinski definition) is 1. The van der Waals surface area contributed by atoms with E-state index in [2.05, 4.69) is 0 Å². The van der Waals surface area contributed by atoms with Crippen molar-refractivity contribution in [2.24, 2.45) is 5.73 Å². The number of thiophene rings is 1. The van der Waals surface area contributed by atoms with Crippen LogP contribution in [0.2, 0.25) is 5.02 Å². The highest BCUT2D eigenvalue weighted by atomic mass is 35.5. The van der Waals surface area contributed by atoms with E-state index in [9.17, 15) is 14.4 Å². The summed E-state index contributed by atoms with van der Waals surface area (Å²) in [6, 6.07) is 6.44. The van der Waals surface area contributed by atoms with Crippen LogP contribution >= 0.6 is 22.9 Å². The van der Waals surface area contributed by atoms with Gasteiger partial charge >= 0.3 is 5.69 Å². The molecule has 8 heteroatoms. The first-order valence-corrected chi connectivity index (χ1v) is 8.30. The zero-order chi connectivity index (χ0) is 17.6. The van der Waals surface area contributed by atoms with E-state index >= 15 is 0 Å². The van der Waals surface area contributed by atoms with Crippen LogP contribution < -0.4 is 17.0 Å². The molecule has 124 valence electrons. The Morgan fingerprint density at radius 2 is 2.00 bits per heavy atom. The highest BCUT2D eigenvalue weighted by Gasteiger charge is 2.20. The summed E-state index contributed by atoms with van der Waals surface area (Å²) in [5.74, 6) is -0.654. The number of fused-ring (bicyclic) bond motifs is 1. The number of benzene rings is 1. The van der Waals surface area contributed by atoms with Crippen molar-refractivity contribution in [2.45, 2.75) is 20.4 Å². The van der Waals surface area contributed by atoms with E-state index in [1.807, 2.05) is 13.8 Å². The number of nitrogens with two attached hydrogens (primary N) is 1. The van der Waals surface area contributed by atoms with E-state index in [1.54, 1.807) is 18.2 Å². The van der Waals surface area contributed by atoms with Gasteiger partial charge in [-0.25, -0.2) is 9.36 Å². The maximum Gasteiger partial charge on any atom is 0.337 e. The average molecular weight is 364 g/mol. The number of amides is 1. The summed E-state index contributed by atoms with van der Waals surface area (Å²) in [4.78, 5) is 38.5. The molecular weight excluding hydrogens is 350 g/mol. The number of carbonyl (C=O) groups is 1. The van der Waals surface area contributed by atoms with Crippen LogP contribution in [0.4, 0.5) is 0 Å². The number of carbonyl (C=O) groups excluding carboxylic acids is 1. The van der Waals surface area contributed by atoms with E-state index in [0.29, 0.717) is 20.9 Å². The molecule has 1 amide bonds. The molecule has 0 bridgehead atoms. The highest BCUT2D eigenvalue weighted by Crippen LogP contribution is 2.27. The largest absolute Gasteiger partial charge is 0.368 e. The van der Waals surface area contributed by atoms with Crippen molar-refractivity contribution >= 4 is 39.1 Å². The zero-order valence-corrected chi connectivity index (χ0v) is 14.6. The second-order valence-corrected chi connectivity index (χ2v) is 7.06. The van der Waals surface area contributed by atoms with Gasteiger partial charge in [0, 0.05) is 9.90 Å². The summed E-state index contributed by atoms with van der Waals surface area (Å²) in [6.07, 6.45) is 0. The van der Waals surface area contributed by atoms with Crippen molar-refractivity contribution in [1.82, 2.24) is 9.13 Å². The van der Waals surface area contributed by atoms with Crippen molar-refractivity contribution in [2.75, 3.05) is 0 Å². The van der Waals surface area contributed by atoms with Crippen LogP contribution in [0.3, 0.4) is 0 Å². The van der Waals surface area contributed by atoms with Crippen LogP contribution in [0.15, 0.2) is 33.9 Å². The molecule has 0 saturated heterocycles. The summed E-state index contributed by atoms with van der Waals surface area (Å²) < 4.78 is 2.26. The Balaban J connectivity index is 2.51. The Kier molecular flexibility index (Phi) is 4.06. The molecule has 0 saturated carbocycles. The number of aromatic nitrogens is 2. The van der Waals surface area contributed by atoms with E-state index in [-0.39, 0.29) is 6.54 Å². The SMILES string of the molecule is Cc1sc2c(c1C)c(=O)n(-c1cccc(Cl)c1)c(=O)n2CC(N)=O. The lowest BCUT2D eigenvalue weighted by Gasteiger charge is -2.11. The lowest BCUT2D eigenvalue weighted by Crippen LogP contribution is -2.40. The minimum absolute atomic E-state index is 0.296. The number of aryl methyl sites for hydroxylation is 2. The fourth-order valence-electron chi connectivity index (χ4n) is 2.60. The van der Waals surface area contributed by atoms with Gasteiger partial charge in [0.15, 0.2) is 0 Å². The van der Waals surface area contributed by atoms with Crippen molar-refractivity contribution in [3.8, 4) is 5.69 Å². The third-order valence-corrected chi connectivity index (χ3v) is 5.30. The molecule has 6 nitrogen and oxygen atoms in total. The molecule has 3 aromatic rings. The van der Waals surface area contributed by atoms with Gasteiger partial charge in [-0.15, -0.1) is 11.3 Å². The maximum absolute atomic E-state index is 12.9. The Morgan fingerprint density at radius 1 is 1.29 bits per heavy atom. The lowest BCUT2D eigenvalue weighted by atomic mass is 10.2. The summed E-state index contributed by atoms with van der Waals surface area (Å²) >= 11 is 7.28. The van der Waals surface area contributed by atoms with Crippen molar-refractivity contribution < 1.29 is 4.79 Å². The van der Waals surface area contributed by atoms with Crippen LogP contribution in [-0.2, 0) is 11.3 Å². The smallest absolute Gasteiger partial charge is 0.337 e. The van der Waals surface area contributed by atoms with E-state index in [0.717, 1.165) is 15.0 Å². The molecule has 1 aromatic carbocycles. The van der Waals surface area contributed by atoms with Gasteiger partial charge in [0.1, 0.15) is 11.4 Å². The first-order chi connectivity index (χ1) is 11.3. The second-order valence-electron chi connectivity index (χ2n) is 5.42. The van der Waals surface area contributed by atoms with Crippen molar-refractivity contribution in [1.29, 1.82) is 0 Å². The average Bonchev–Trinajstić information content (AvgIpc) is 2.79. The standard InChI is InChI=1S/C16H14ClN3O3S/c1-8-9(2)24-15-13(8)14(22)20(11-5-3-4-10(17)6-11)16(23)19(15)7-12(18)21/h3-6H,7H2,1-2H3,(H2,18,21). The molecule has 2 aromatic heterocycles. The predicted molar refractivity (Wildman–Crippen MR) is 95.4 cm³/mol. The molecule has 2 heterocycles. The van der Waals surface area contributed by atoms with Crippen molar-refractivity contribution in [3.63, 3.8) is 0 Å². The number of primary amides is 1. The van der Waals surface area contributed by atoms with E-state index in [4.69, 9.17) is 17.3 Å². The van der Waals surface area contributed by atoms with Crippen LogP contribution in [0, 0.1) is 13.8 Å². The molecule has 24 heavy (non-hydrogen) atoms. The fraction of sp³-hybridized carbons (Fsp3) is 0.188. The highest BCUT2D eigenvalue weighted by molar-refractivity contribution is 7.18. The van der Waals surface area contributed by atoms with E-state index < -0.39 is 17.2 Å². The molecule has 0 unspecified atom stereocenters. The molecule has 0 fully saturated rings. The minimum Gasteiger partial charge on any atom is -0.368 e. The number of hydrogen-bond acceptors (Lipinski definition) is 4. The first kappa shape index (κ1) is 16.5. The monoisotopic (exact) mass is 363 g/mol. The number of rotatable bonds is 3. The van der Waals surface area contributed by atoms with Crippen LogP contribution in [-0.4, -0.2) is 15.0 Å². The third kappa shape index (κ3) is 2.55. The molecule has 0 aliphatic heterocycles. The molecule has 0 radical (unpaired) electrons. The second kappa shape index (κ2) is 5.92. The Bertz CT molecular complexity index is 1090. The molecule has 0 aliphatic carbocycles. The number of nitrogens with zero attached hydrogens (tertiary/aromatic N) is 2.